The second-order valence-corrected chi connectivity index (χ2v) is 4.83. The Hall–Kier alpha value is -2.03. The fourth-order valence-electron chi connectivity index (χ4n) is 2.13. The summed E-state index contributed by atoms with van der Waals surface area (Å²) < 4.78 is 18.5. The normalized spacial score (nSPS) is 12.0. The molecule has 20 heavy (non-hydrogen) atoms. The Morgan fingerprint density at radius 3 is 2.45 bits per heavy atom. The van der Waals surface area contributed by atoms with Crippen LogP contribution in [0.2, 0.25) is 0 Å². The van der Waals surface area contributed by atoms with Gasteiger partial charge < -0.3 is 10.1 Å². The molecule has 0 aliphatic rings. The Balaban J connectivity index is 2.09. The summed E-state index contributed by atoms with van der Waals surface area (Å²) in [7, 11) is 0. The SMILES string of the molecule is CCOc1ccc(C(C)Nc2ccc(F)cc2C)cc1. The molecule has 2 nitrogen and oxygen atoms in total. The zero-order chi connectivity index (χ0) is 14.5. The minimum Gasteiger partial charge on any atom is -0.494 e. The highest BCUT2D eigenvalue weighted by Gasteiger charge is 2.07. The van der Waals surface area contributed by atoms with E-state index in [4.69, 9.17) is 4.74 Å². The largest absolute Gasteiger partial charge is 0.494 e. The van der Waals surface area contributed by atoms with Gasteiger partial charge in [0, 0.05) is 11.7 Å². The lowest BCUT2D eigenvalue weighted by Gasteiger charge is -2.18. The third-order valence-electron chi connectivity index (χ3n) is 3.25. The number of anilines is 1. The number of hydrogen-bond acceptors (Lipinski definition) is 2. The van der Waals surface area contributed by atoms with E-state index < -0.39 is 0 Å². The van der Waals surface area contributed by atoms with Crippen LogP contribution in [0.4, 0.5) is 10.1 Å². The standard InChI is InChI=1S/C17H20FNO/c1-4-20-16-8-5-14(6-9-16)13(3)19-17-10-7-15(18)11-12(17)2/h5-11,13,19H,4H2,1-3H3. The van der Waals surface area contributed by atoms with Gasteiger partial charge in [-0.15, -0.1) is 0 Å². The van der Waals surface area contributed by atoms with Crippen molar-refractivity contribution < 1.29 is 9.13 Å². The summed E-state index contributed by atoms with van der Waals surface area (Å²) in [5.41, 5.74) is 3.02. The minimum absolute atomic E-state index is 0.148. The van der Waals surface area contributed by atoms with E-state index in [9.17, 15) is 4.39 Å². The van der Waals surface area contributed by atoms with E-state index >= 15 is 0 Å². The molecule has 0 bridgehead atoms. The van der Waals surface area contributed by atoms with Crippen LogP contribution in [0.15, 0.2) is 42.5 Å². The van der Waals surface area contributed by atoms with Crippen LogP contribution in [-0.4, -0.2) is 6.61 Å². The lowest BCUT2D eigenvalue weighted by molar-refractivity contribution is 0.340. The van der Waals surface area contributed by atoms with Gasteiger partial charge in [-0.25, -0.2) is 4.39 Å². The van der Waals surface area contributed by atoms with Gasteiger partial charge in [0.2, 0.25) is 0 Å². The highest BCUT2D eigenvalue weighted by atomic mass is 19.1. The smallest absolute Gasteiger partial charge is 0.123 e. The van der Waals surface area contributed by atoms with Gasteiger partial charge >= 0.3 is 0 Å². The second-order valence-electron chi connectivity index (χ2n) is 4.83. The number of ether oxygens (including phenoxy) is 1. The third kappa shape index (κ3) is 3.50. The van der Waals surface area contributed by atoms with Crippen LogP contribution < -0.4 is 10.1 Å². The first-order valence-electron chi connectivity index (χ1n) is 6.85. The second kappa shape index (κ2) is 6.42. The quantitative estimate of drug-likeness (QED) is 0.852. The molecule has 2 aromatic rings. The molecule has 3 heteroatoms. The average Bonchev–Trinajstić information content (AvgIpc) is 2.43. The molecule has 0 aliphatic heterocycles. The van der Waals surface area contributed by atoms with Gasteiger partial charge in [-0.3, -0.25) is 0 Å². The van der Waals surface area contributed by atoms with Gasteiger partial charge in [0.05, 0.1) is 6.61 Å². The summed E-state index contributed by atoms with van der Waals surface area (Å²) in [5, 5.41) is 3.40. The third-order valence-corrected chi connectivity index (χ3v) is 3.25. The summed E-state index contributed by atoms with van der Waals surface area (Å²) in [5.74, 6) is 0.670. The summed E-state index contributed by atoms with van der Waals surface area (Å²) in [6.07, 6.45) is 0. The van der Waals surface area contributed by atoms with E-state index in [-0.39, 0.29) is 11.9 Å². The first-order chi connectivity index (χ1) is 9.60. The average molecular weight is 273 g/mol. The number of aryl methyl sites for hydroxylation is 1. The van der Waals surface area contributed by atoms with Gasteiger partial charge in [0.1, 0.15) is 11.6 Å². The molecule has 0 aromatic heterocycles. The summed E-state index contributed by atoms with van der Waals surface area (Å²) in [6, 6.07) is 12.9. The van der Waals surface area contributed by atoms with E-state index in [1.54, 1.807) is 6.07 Å². The van der Waals surface area contributed by atoms with Crippen LogP contribution in [-0.2, 0) is 0 Å². The summed E-state index contributed by atoms with van der Waals surface area (Å²) in [4.78, 5) is 0. The zero-order valence-electron chi connectivity index (χ0n) is 12.1. The number of benzene rings is 2. The van der Waals surface area contributed by atoms with Crippen molar-refractivity contribution in [1.29, 1.82) is 0 Å². The molecule has 0 heterocycles. The first kappa shape index (κ1) is 14.4. The lowest BCUT2D eigenvalue weighted by atomic mass is 10.1. The molecule has 0 amide bonds. The highest BCUT2D eigenvalue weighted by Crippen LogP contribution is 2.24. The molecule has 1 atom stereocenters. The molecule has 0 fully saturated rings. The van der Waals surface area contributed by atoms with Crippen molar-refractivity contribution in [3.63, 3.8) is 0 Å². The molecule has 0 spiro atoms. The number of rotatable bonds is 5. The molecule has 106 valence electrons. The number of hydrogen-bond donors (Lipinski definition) is 1. The molecule has 0 aliphatic carbocycles. The maximum absolute atomic E-state index is 13.1. The van der Waals surface area contributed by atoms with Gasteiger partial charge in [-0.05, 0) is 62.2 Å². The molecule has 1 N–H and O–H groups in total. The fraction of sp³-hybridized carbons (Fsp3) is 0.294. The number of nitrogens with one attached hydrogen (secondary N) is 1. The Labute approximate surface area is 119 Å². The topological polar surface area (TPSA) is 21.3 Å². The molecule has 0 saturated carbocycles. The predicted molar refractivity (Wildman–Crippen MR) is 80.8 cm³/mol. The van der Waals surface area contributed by atoms with Crippen LogP contribution in [0.1, 0.15) is 31.0 Å². The van der Waals surface area contributed by atoms with Crippen LogP contribution in [0.3, 0.4) is 0 Å². The van der Waals surface area contributed by atoms with E-state index in [1.165, 1.54) is 12.1 Å². The van der Waals surface area contributed by atoms with Crippen molar-refractivity contribution in [2.75, 3.05) is 11.9 Å². The monoisotopic (exact) mass is 273 g/mol. The number of halogens is 1. The van der Waals surface area contributed by atoms with E-state index in [1.807, 2.05) is 38.1 Å². The van der Waals surface area contributed by atoms with Crippen LogP contribution in [0, 0.1) is 12.7 Å². The van der Waals surface area contributed by atoms with Crippen LogP contribution >= 0.6 is 0 Å². The fourth-order valence-corrected chi connectivity index (χ4v) is 2.13. The highest BCUT2D eigenvalue weighted by molar-refractivity contribution is 5.52. The maximum atomic E-state index is 13.1. The Morgan fingerprint density at radius 1 is 1.15 bits per heavy atom. The Bertz CT molecular complexity index is 566. The molecule has 0 radical (unpaired) electrons. The van der Waals surface area contributed by atoms with Crippen molar-refractivity contribution in [3.05, 3.63) is 59.4 Å². The van der Waals surface area contributed by atoms with Gasteiger partial charge in [-0.1, -0.05) is 12.1 Å². The van der Waals surface area contributed by atoms with Crippen molar-refractivity contribution in [1.82, 2.24) is 0 Å². The molecular weight excluding hydrogens is 253 g/mol. The lowest BCUT2D eigenvalue weighted by Crippen LogP contribution is -2.07. The van der Waals surface area contributed by atoms with Gasteiger partial charge in [0.15, 0.2) is 0 Å². The Morgan fingerprint density at radius 2 is 1.85 bits per heavy atom. The predicted octanol–water partition coefficient (Wildman–Crippen LogP) is 4.71. The summed E-state index contributed by atoms with van der Waals surface area (Å²) >= 11 is 0. The Kier molecular flexibility index (Phi) is 4.61. The maximum Gasteiger partial charge on any atom is 0.123 e. The first-order valence-corrected chi connectivity index (χ1v) is 6.85. The molecular formula is C17H20FNO. The minimum atomic E-state index is -0.207. The van der Waals surface area contributed by atoms with E-state index in [2.05, 4.69) is 12.2 Å². The molecule has 0 saturated heterocycles. The molecule has 2 rings (SSSR count). The van der Waals surface area contributed by atoms with Gasteiger partial charge in [0.25, 0.3) is 0 Å². The molecule has 1 unspecified atom stereocenters. The van der Waals surface area contributed by atoms with Crippen molar-refractivity contribution in [2.24, 2.45) is 0 Å². The van der Waals surface area contributed by atoms with Crippen LogP contribution in [0.5, 0.6) is 5.75 Å². The van der Waals surface area contributed by atoms with Gasteiger partial charge in [-0.2, -0.15) is 0 Å². The van der Waals surface area contributed by atoms with E-state index in [0.29, 0.717) is 6.61 Å². The van der Waals surface area contributed by atoms with Crippen LogP contribution in [0.25, 0.3) is 0 Å². The molecule has 2 aromatic carbocycles. The van der Waals surface area contributed by atoms with Crippen molar-refractivity contribution in [2.45, 2.75) is 26.8 Å². The van der Waals surface area contributed by atoms with E-state index in [0.717, 1.165) is 22.6 Å². The zero-order valence-corrected chi connectivity index (χ0v) is 12.1. The summed E-state index contributed by atoms with van der Waals surface area (Å²) in [6.45, 7) is 6.62. The van der Waals surface area contributed by atoms with Crippen molar-refractivity contribution in [3.8, 4) is 5.75 Å². The van der Waals surface area contributed by atoms with Crippen molar-refractivity contribution >= 4 is 5.69 Å².